The van der Waals surface area contributed by atoms with Crippen molar-refractivity contribution in [1.29, 1.82) is 0 Å². The van der Waals surface area contributed by atoms with Crippen LogP contribution in [0.5, 0.6) is 0 Å². The molecule has 1 amide bonds. The van der Waals surface area contributed by atoms with E-state index in [1.165, 1.54) is 30.4 Å². The van der Waals surface area contributed by atoms with Gasteiger partial charge in [0, 0.05) is 23.0 Å². The number of thiophene rings is 1. The molecule has 1 heterocycles. The Morgan fingerprint density at radius 2 is 1.73 bits per heavy atom. The number of hydrogen-bond acceptors (Lipinski definition) is 5. The van der Waals surface area contributed by atoms with Gasteiger partial charge in [0.1, 0.15) is 0 Å². The summed E-state index contributed by atoms with van der Waals surface area (Å²) in [5.74, 6) is -0.271. The Kier molecular flexibility index (Phi) is 6.69. The fraction of sp³-hybridized carbons (Fsp3) is 0.333. The van der Waals surface area contributed by atoms with Crippen LogP contribution >= 0.6 is 11.3 Å². The molecule has 26 heavy (non-hydrogen) atoms. The van der Waals surface area contributed by atoms with Crippen LogP contribution in [0.1, 0.15) is 35.3 Å². The Morgan fingerprint density at radius 1 is 1.08 bits per heavy atom. The third kappa shape index (κ3) is 5.48. The molecule has 6 nitrogen and oxygen atoms in total. The van der Waals surface area contributed by atoms with E-state index in [1.54, 1.807) is 32.0 Å². The minimum atomic E-state index is -3.63. The number of Topliss-reactive ketones (excluding diaryl/α,β-unsaturated/α-hetero) is 1. The molecule has 8 heteroatoms. The van der Waals surface area contributed by atoms with Crippen LogP contribution in [0.2, 0.25) is 0 Å². The van der Waals surface area contributed by atoms with Crippen molar-refractivity contribution >= 4 is 38.7 Å². The Bertz CT molecular complexity index is 884. The second-order valence-corrected chi connectivity index (χ2v) is 9.07. The van der Waals surface area contributed by atoms with Crippen molar-refractivity contribution in [2.75, 3.05) is 11.9 Å². The maximum absolute atomic E-state index is 12.3. The first-order valence-electron chi connectivity index (χ1n) is 8.19. The Labute approximate surface area is 157 Å². The van der Waals surface area contributed by atoms with Crippen molar-refractivity contribution < 1.29 is 18.0 Å². The molecule has 2 N–H and O–H groups in total. The lowest BCUT2D eigenvalue weighted by Crippen LogP contribution is -2.25. The van der Waals surface area contributed by atoms with Gasteiger partial charge in [-0.15, -0.1) is 11.3 Å². The van der Waals surface area contributed by atoms with Gasteiger partial charge in [0.15, 0.2) is 5.78 Å². The number of carbonyl (C=O) groups is 2. The Hall–Kier alpha value is -2.03. The molecule has 0 atom stereocenters. The van der Waals surface area contributed by atoms with Gasteiger partial charge in [-0.25, -0.2) is 13.1 Å². The number of carbonyl (C=O) groups excluding carboxylic acids is 2. The van der Waals surface area contributed by atoms with Crippen LogP contribution in [-0.2, 0) is 21.2 Å². The van der Waals surface area contributed by atoms with E-state index in [0.717, 1.165) is 4.88 Å². The number of benzene rings is 1. The van der Waals surface area contributed by atoms with Crippen molar-refractivity contribution in [3.8, 4) is 0 Å². The highest BCUT2D eigenvalue weighted by molar-refractivity contribution is 7.89. The number of sulfonamides is 1. The fourth-order valence-corrected chi connectivity index (χ4v) is 4.03. The second-order valence-electron chi connectivity index (χ2n) is 6.14. The van der Waals surface area contributed by atoms with Gasteiger partial charge in [-0.05, 0) is 49.7 Å². The highest BCUT2D eigenvalue weighted by Crippen LogP contribution is 2.18. The standard InChI is InChI=1S/C18H22N2O4S2/c1-12(2)18(22)20-14-4-7-16(8-5-14)26(23,24)19-11-10-15-6-9-17(25-15)13(3)21/h4-9,12,19H,10-11H2,1-3H3,(H,20,22). The molecule has 140 valence electrons. The highest BCUT2D eigenvalue weighted by atomic mass is 32.2. The molecule has 0 aliphatic rings. The average molecular weight is 395 g/mol. The summed E-state index contributed by atoms with van der Waals surface area (Å²) >= 11 is 1.37. The van der Waals surface area contributed by atoms with Gasteiger partial charge >= 0.3 is 0 Å². The summed E-state index contributed by atoms with van der Waals surface area (Å²) in [7, 11) is -3.63. The van der Waals surface area contributed by atoms with Crippen molar-refractivity contribution in [3.05, 3.63) is 46.2 Å². The zero-order valence-corrected chi connectivity index (χ0v) is 16.5. The van der Waals surface area contributed by atoms with E-state index in [4.69, 9.17) is 0 Å². The molecule has 2 aromatic rings. The molecule has 0 saturated heterocycles. The first-order valence-corrected chi connectivity index (χ1v) is 10.5. The molecular weight excluding hydrogens is 372 g/mol. The van der Waals surface area contributed by atoms with E-state index in [-0.39, 0.29) is 29.0 Å². The van der Waals surface area contributed by atoms with E-state index in [9.17, 15) is 18.0 Å². The molecule has 0 bridgehead atoms. The maximum Gasteiger partial charge on any atom is 0.240 e. The number of ketones is 1. The topological polar surface area (TPSA) is 92.3 Å². The number of rotatable bonds is 8. The van der Waals surface area contributed by atoms with Crippen molar-refractivity contribution in [1.82, 2.24) is 4.72 Å². The minimum absolute atomic E-state index is 0.00600. The predicted molar refractivity (Wildman–Crippen MR) is 103 cm³/mol. The first kappa shape index (κ1) is 20.3. The molecule has 0 saturated carbocycles. The van der Waals surface area contributed by atoms with Gasteiger partial charge < -0.3 is 5.32 Å². The summed E-state index contributed by atoms with van der Waals surface area (Å²) in [5.41, 5.74) is 0.554. The lowest BCUT2D eigenvalue weighted by atomic mass is 10.2. The number of nitrogens with one attached hydrogen (secondary N) is 2. The smallest absolute Gasteiger partial charge is 0.240 e. The van der Waals surface area contributed by atoms with Gasteiger partial charge in [0.05, 0.1) is 9.77 Å². The van der Waals surface area contributed by atoms with E-state index < -0.39 is 10.0 Å². The highest BCUT2D eigenvalue weighted by Gasteiger charge is 2.14. The van der Waals surface area contributed by atoms with Crippen LogP contribution in [0.3, 0.4) is 0 Å². The van der Waals surface area contributed by atoms with Gasteiger partial charge in [-0.1, -0.05) is 13.8 Å². The summed E-state index contributed by atoms with van der Waals surface area (Å²) in [4.78, 5) is 24.7. The van der Waals surface area contributed by atoms with Crippen LogP contribution in [0, 0.1) is 5.92 Å². The van der Waals surface area contributed by atoms with E-state index in [2.05, 4.69) is 10.0 Å². The van der Waals surface area contributed by atoms with Gasteiger partial charge in [-0.3, -0.25) is 9.59 Å². The van der Waals surface area contributed by atoms with Crippen LogP contribution < -0.4 is 10.0 Å². The molecular formula is C18H22N2O4S2. The molecule has 0 aliphatic carbocycles. The van der Waals surface area contributed by atoms with Gasteiger partial charge in [0.2, 0.25) is 15.9 Å². The summed E-state index contributed by atoms with van der Waals surface area (Å²) in [6.07, 6.45) is 0.514. The second kappa shape index (κ2) is 8.57. The molecule has 1 aromatic heterocycles. The maximum atomic E-state index is 12.3. The van der Waals surface area contributed by atoms with Crippen LogP contribution in [0.25, 0.3) is 0 Å². The monoisotopic (exact) mass is 394 g/mol. The largest absolute Gasteiger partial charge is 0.326 e. The SMILES string of the molecule is CC(=O)c1ccc(CCNS(=O)(=O)c2ccc(NC(=O)C(C)C)cc2)s1. The van der Waals surface area contributed by atoms with Crippen molar-refractivity contribution in [2.45, 2.75) is 32.1 Å². The van der Waals surface area contributed by atoms with E-state index >= 15 is 0 Å². The molecule has 1 aromatic carbocycles. The van der Waals surface area contributed by atoms with Crippen LogP contribution in [0.15, 0.2) is 41.3 Å². The third-order valence-electron chi connectivity index (χ3n) is 3.63. The normalized spacial score (nSPS) is 11.5. The molecule has 0 unspecified atom stereocenters. The van der Waals surface area contributed by atoms with Gasteiger partial charge in [-0.2, -0.15) is 0 Å². The number of anilines is 1. The molecule has 0 spiro atoms. The van der Waals surface area contributed by atoms with Crippen LogP contribution in [-0.4, -0.2) is 26.7 Å². The summed E-state index contributed by atoms with van der Waals surface area (Å²) in [6, 6.07) is 9.62. The summed E-state index contributed by atoms with van der Waals surface area (Å²) < 4.78 is 27.2. The lowest BCUT2D eigenvalue weighted by molar-refractivity contribution is -0.118. The predicted octanol–water partition coefficient (Wildman–Crippen LogP) is 3.07. The molecule has 0 fully saturated rings. The molecule has 2 rings (SSSR count). The minimum Gasteiger partial charge on any atom is -0.326 e. The first-order chi connectivity index (χ1) is 12.2. The van der Waals surface area contributed by atoms with Crippen molar-refractivity contribution in [3.63, 3.8) is 0 Å². The Balaban J connectivity index is 1.94. The van der Waals surface area contributed by atoms with Crippen LogP contribution in [0.4, 0.5) is 5.69 Å². The van der Waals surface area contributed by atoms with E-state index in [0.29, 0.717) is 17.0 Å². The lowest BCUT2D eigenvalue weighted by Gasteiger charge is -2.09. The van der Waals surface area contributed by atoms with Crippen molar-refractivity contribution in [2.24, 2.45) is 5.92 Å². The molecule has 0 radical (unpaired) electrons. The number of amides is 1. The van der Waals surface area contributed by atoms with Gasteiger partial charge in [0.25, 0.3) is 0 Å². The molecule has 0 aliphatic heterocycles. The van der Waals surface area contributed by atoms with E-state index in [1.807, 2.05) is 6.07 Å². The zero-order chi connectivity index (χ0) is 19.3. The third-order valence-corrected chi connectivity index (χ3v) is 6.35. The Morgan fingerprint density at radius 3 is 2.27 bits per heavy atom. The average Bonchev–Trinajstić information content (AvgIpc) is 3.04. The summed E-state index contributed by atoms with van der Waals surface area (Å²) in [5, 5.41) is 2.72. The zero-order valence-electron chi connectivity index (χ0n) is 14.9. The quantitative estimate of drug-likeness (QED) is 0.673. The number of hydrogen-bond donors (Lipinski definition) is 2. The fourth-order valence-electron chi connectivity index (χ4n) is 2.10. The summed E-state index contributed by atoms with van der Waals surface area (Å²) in [6.45, 7) is 5.31.